The van der Waals surface area contributed by atoms with Gasteiger partial charge in [-0.25, -0.2) is 4.98 Å². The lowest BCUT2D eigenvalue weighted by Gasteiger charge is -2.29. The van der Waals surface area contributed by atoms with Crippen molar-refractivity contribution in [2.45, 2.75) is 19.8 Å². The van der Waals surface area contributed by atoms with Gasteiger partial charge in [0, 0.05) is 26.2 Å². The van der Waals surface area contributed by atoms with Gasteiger partial charge in [-0.3, -0.25) is 14.6 Å². The SMILES string of the molecule is CCc1ccc2nc(N(CCN3CCOCC3)C(=O)Cc3ccccc3)sc2c1. The van der Waals surface area contributed by atoms with Gasteiger partial charge in [0.15, 0.2) is 5.13 Å². The number of fused-ring (bicyclic) bond motifs is 1. The largest absolute Gasteiger partial charge is 0.379 e. The highest BCUT2D eigenvalue weighted by molar-refractivity contribution is 7.22. The van der Waals surface area contributed by atoms with Gasteiger partial charge >= 0.3 is 0 Å². The van der Waals surface area contributed by atoms with Gasteiger partial charge in [0.05, 0.1) is 29.9 Å². The smallest absolute Gasteiger partial charge is 0.233 e. The van der Waals surface area contributed by atoms with Gasteiger partial charge in [0.25, 0.3) is 0 Å². The number of hydrogen-bond donors (Lipinski definition) is 0. The second-order valence-electron chi connectivity index (χ2n) is 7.31. The third-order valence-corrected chi connectivity index (χ3v) is 6.36. The summed E-state index contributed by atoms with van der Waals surface area (Å²) in [7, 11) is 0. The van der Waals surface area contributed by atoms with Gasteiger partial charge in [-0.05, 0) is 29.7 Å². The minimum Gasteiger partial charge on any atom is -0.379 e. The molecule has 0 bridgehead atoms. The monoisotopic (exact) mass is 409 g/mol. The molecular weight excluding hydrogens is 382 g/mol. The third kappa shape index (κ3) is 5.01. The Bertz CT molecular complexity index is 951. The molecule has 1 aliphatic heterocycles. The predicted molar refractivity (Wildman–Crippen MR) is 119 cm³/mol. The molecule has 1 saturated heterocycles. The van der Waals surface area contributed by atoms with Crippen LogP contribution >= 0.6 is 11.3 Å². The topological polar surface area (TPSA) is 45.7 Å². The van der Waals surface area contributed by atoms with Crippen molar-refractivity contribution in [3.63, 3.8) is 0 Å². The number of aryl methyl sites for hydroxylation is 1. The summed E-state index contributed by atoms with van der Waals surface area (Å²) in [6, 6.07) is 16.3. The molecule has 6 heteroatoms. The number of carbonyl (C=O) groups excluding carboxylic acids is 1. The highest BCUT2D eigenvalue weighted by Gasteiger charge is 2.22. The minimum atomic E-state index is 0.0965. The van der Waals surface area contributed by atoms with Crippen molar-refractivity contribution in [2.75, 3.05) is 44.3 Å². The first-order chi connectivity index (χ1) is 14.2. The fourth-order valence-electron chi connectivity index (χ4n) is 3.55. The average Bonchev–Trinajstić information content (AvgIpc) is 3.18. The van der Waals surface area contributed by atoms with E-state index in [4.69, 9.17) is 9.72 Å². The van der Waals surface area contributed by atoms with Crippen molar-refractivity contribution in [3.05, 3.63) is 59.7 Å². The summed E-state index contributed by atoms with van der Waals surface area (Å²) >= 11 is 1.61. The number of carbonyl (C=O) groups is 1. The maximum Gasteiger partial charge on any atom is 0.233 e. The van der Waals surface area contributed by atoms with Crippen LogP contribution in [0.5, 0.6) is 0 Å². The molecule has 1 fully saturated rings. The van der Waals surface area contributed by atoms with Crippen LogP contribution in [-0.4, -0.2) is 55.2 Å². The summed E-state index contributed by atoms with van der Waals surface area (Å²) in [5, 5.41) is 0.794. The molecule has 5 nitrogen and oxygen atoms in total. The normalized spacial score (nSPS) is 14.9. The zero-order valence-corrected chi connectivity index (χ0v) is 17.7. The standard InChI is InChI=1S/C23H27N3O2S/c1-2-18-8-9-20-21(16-18)29-23(24-20)26(11-10-25-12-14-28-15-13-25)22(27)17-19-6-4-3-5-7-19/h3-9,16H,2,10-15,17H2,1H3. The lowest BCUT2D eigenvalue weighted by atomic mass is 10.1. The fraction of sp³-hybridized carbons (Fsp3) is 0.391. The van der Waals surface area contributed by atoms with Gasteiger partial charge in [-0.15, -0.1) is 0 Å². The summed E-state index contributed by atoms with van der Waals surface area (Å²) < 4.78 is 6.59. The van der Waals surface area contributed by atoms with Crippen LogP contribution in [0.2, 0.25) is 0 Å². The van der Waals surface area contributed by atoms with Crippen LogP contribution < -0.4 is 4.90 Å². The third-order valence-electron chi connectivity index (χ3n) is 5.32. The van der Waals surface area contributed by atoms with E-state index in [2.05, 4.69) is 30.0 Å². The number of nitrogens with zero attached hydrogens (tertiary/aromatic N) is 3. The molecule has 1 aromatic heterocycles. The molecule has 0 N–H and O–H groups in total. The number of thiazole rings is 1. The average molecular weight is 410 g/mol. The summed E-state index contributed by atoms with van der Waals surface area (Å²) in [6.07, 6.45) is 1.39. The quantitative estimate of drug-likeness (QED) is 0.596. The maximum absolute atomic E-state index is 13.2. The van der Waals surface area contributed by atoms with E-state index in [-0.39, 0.29) is 5.91 Å². The number of hydrogen-bond acceptors (Lipinski definition) is 5. The summed E-state index contributed by atoms with van der Waals surface area (Å²) in [5.74, 6) is 0.0965. The number of morpholine rings is 1. The van der Waals surface area contributed by atoms with Crippen LogP contribution in [-0.2, 0) is 22.4 Å². The minimum absolute atomic E-state index is 0.0965. The molecule has 29 heavy (non-hydrogen) atoms. The number of amides is 1. The van der Waals surface area contributed by atoms with Gasteiger partial charge in [0.1, 0.15) is 0 Å². The van der Waals surface area contributed by atoms with Gasteiger partial charge in [0.2, 0.25) is 5.91 Å². The number of benzene rings is 2. The van der Waals surface area contributed by atoms with E-state index in [0.717, 1.165) is 60.2 Å². The van der Waals surface area contributed by atoms with E-state index >= 15 is 0 Å². The van der Waals surface area contributed by atoms with Crippen LogP contribution in [0.25, 0.3) is 10.2 Å². The first-order valence-electron chi connectivity index (χ1n) is 10.3. The molecule has 0 spiro atoms. The first-order valence-corrected chi connectivity index (χ1v) is 11.1. The predicted octanol–water partition coefficient (Wildman–Crippen LogP) is 3.77. The van der Waals surface area contributed by atoms with Crippen molar-refractivity contribution in [3.8, 4) is 0 Å². The zero-order chi connectivity index (χ0) is 20.1. The summed E-state index contributed by atoms with van der Waals surface area (Å²) in [4.78, 5) is 22.3. The van der Waals surface area contributed by atoms with Crippen LogP contribution in [0.1, 0.15) is 18.1 Å². The number of anilines is 1. The second kappa shape index (κ2) is 9.48. The van der Waals surface area contributed by atoms with Crippen molar-refractivity contribution < 1.29 is 9.53 Å². The summed E-state index contributed by atoms with van der Waals surface area (Å²) in [5.41, 5.74) is 3.29. The number of aromatic nitrogens is 1. The molecule has 2 heterocycles. The first kappa shape index (κ1) is 20.0. The summed E-state index contributed by atoms with van der Waals surface area (Å²) in [6.45, 7) is 6.99. The molecule has 0 radical (unpaired) electrons. The molecule has 0 aliphatic carbocycles. The zero-order valence-electron chi connectivity index (χ0n) is 16.8. The molecule has 0 saturated carbocycles. The van der Waals surface area contributed by atoms with E-state index in [0.29, 0.717) is 13.0 Å². The van der Waals surface area contributed by atoms with E-state index in [1.807, 2.05) is 35.2 Å². The molecule has 0 unspecified atom stereocenters. The van der Waals surface area contributed by atoms with Gasteiger partial charge in [-0.1, -0.05) is 54.7 Å². The Labute approximate surface area is 175 Å². The van der Waals surface area contributed by atoms with Crippen LogP contribution in [0, 0.1) is 0 Å². The van der Waals surface area contributed by atoms with Crippen LogP contribution in [0.4, 0.5) is 5.13 Å². The Kier molecular flexibility index (Phi) is 6.54. The molecule has 152 valence electrons. The Balaban J connectivity index is 1.57. The van der Waals surface area contributed by atoms with E-state index < -0.39 is 0 Å². The van der Waals surface area contributed by atoms with E-state index in [1.165, 1.54) is 5.56 Å². The fourth-order valence-corrected chi connectivity index (χ4v) is 4.62. The maximum atomic E-state index is 13.2. The number of ether oxygens (including phenoxy) is 1. The van der Waals surface area contributed by atoms with Crippen molar-refractivity contribution >= 4 is 32.6 Å². The lowest BCUT2D eigenvalue weighted by Crippen LogP contribution is -2.43. The van der Waals surface area contributed by atoms with Crippen LogP contribution in [0.3, 0.4) is 0 Å². The van der Waals surface area contributed by atoms with Crippen molar-refractivity contribution in [2.24, 2.45) is 0 Å². The Morgan fingerprint density at radius 3 is 2.69 bits per heavy atom. The number of rotatable bonds is 7. The van der Waals surface area contributed by atoms with Gasteiger partial charge < -0.3 is 4.74 Å². The van der Waals surface area contributed by atoms with Gasteiger partial charge in [-0.2, -0.15) is 0 Å². The highest BCUT2D eigenvalue weighted by Crippen LogP contribution is 2.30. The molecule has 0 atom stereocenters. The molecular formula is C23H27N3O2S. The van der Waals surface area contributed by atoms with E-state index in [1.54, 1.807) is 11.3 Å². The molecule has 1 aliphatic rings. The Morgan fingerprint density at radius 1 is 1.14 bits per heavy atom. The van der Waals surface area contributed by atoms with Crippen molar-refractivity contribution in [1.82, 2.24) is 9.88 Å². The van der Waals surface area contributed by atoms with E-state index in [9.17, 15) is 4.79 Å². The molecule has 2 aromatic carbocycles. The Morgan fingerprint density at radius 2 is 1.93 bits per heavy atom. The Hall–Kier alpha value is -2.28. The molecule has 3 aromatic rings. The van der Waals surface area contributed by atoms with Crippen molar-refractivity contribution in [1.29, 1.82) is 0 Å². The molecule has 1 amide bonds. The van der Waals surface area contributed by atoms with Crippen LogP contribution in [0.15, 0.2) is 48.5 Å². The lowest BCUT2D eigenvalue weighted by molar-refractivity contribution is -0.118. The highest BCUT2D eigenvalue weighted by atomic mass is 32.1. The second-order valence-corrected chi connectivity index (χ2v) is 8.32. The molecule has 4 rings (SSSR count).